The molecule has 0 bridgehead atoms. The Labute approximate surface area is 166 Å². The molecule has 1 aliphatic rings. The van der Waals surface area contributed by atoms with Gasteiger partial charge in [0.15, 0.2) is 11.6 Å². The summed E-state index contributed by atoms with van der Waals surface area (Å²) in [6.45, 7) is 5.15. The predicted octanol–water partition coefficient (Wildman–Crippen LogP) is 2.83. The summed E-state index contributed by atoms with van der Waals surface area (Å²) in [7, 11) is 0. The molecule has 0 spiro atoms. The molecular weight excluding hydrogens is 378 g/mol. The van der Waals surface area contributed by atoms with E-state index in [-0.39, 0.29) is 5.91 Å². The number of nitrogens with zero attached hydrogens (tertiary/aromatic N) is 4. The van der Waals surface area contributed by atoms with Crippen LogP contribution in [0.15, 0.2) is 34.2 Å². The SMILES string of the molecule is Cc1ccc(-c2nc(NC(=O)CN3CCCOCC3)cc(-c3nccs3)n2)o1. The number of anilines is 1. The van der Waals surface area contributed by atoms with Gasteiger partial charge in [-0.1, -0.05) is 0 Å². The summed E-state index contributed by atoms with van der Waals surface area (Å²) in [5.74, 6) is 2.05. The highest BCUT2D eigenvalue weighted by molar-refractivity contribution is 7.13. The first kappa shape index (κ1) is 18.7. The normalized spacial score (nSPS) is 15.3. The minimum Gasteiger partial charge on any atom is -0.458 e. The summed E-state index contributed by atoms with van der Waals surface area (Å²) in [6.07, 6.45) is 2.65. The van der Waals surface area contributed by atoms with Crippen molar-refractivity contribution in [3.8, 4) is 22.3 Å². The van der Waals surface area contributed by atoms with Gasteiger partial charge >= 0.3 is 0 Å². The first-order chi connectivity index (χ1) is 13.7. The number of aromatic nitrogens is 3. The lowest BCUT2D eigenvalue weighted by molar-refractivity contribution is -0.117. The molecule has 4 heterocycles. The van der Waals surface area contributed by atoms with Gasteiger partial charge in [0.05, 0.1) is 13.2 Å². The number of amides is 1. The van der Waals surface area contributed by atoms with Crippen LogP contribution in [0.1, 0.15) is 12.2 Å². The maximum Gasteiger partial charge on any atom is 0.239 e. The molecule has 3 aromatic heterocycles. The molecular formula is C19H21N5O3S. The van der Waals surface area contributed by atoms with Gasteiger partial charge in [-0.2, -0.15) is 0 Å². The highest BCUT2D eigenvalue weighted by Crippen LogP contribution is 2.26. The van der Waals surface area contributed by atoms with Crippen LogP contribution in [0.3, 0.4) is 0 Å². The Hall–Kier alpha value is -2.62. The van der Waals surface area contributed by atoms with Crippen molar-refractivity contribution in [2.75, 3.05) is 38.2 Å². The Morgan fingerprint density at radius 1 is 1.29 bits per heavy atom. The standard InChI is InChI=1S/C19H21N5O3S/c1-13-3-4-15(27-13)18-21-14(19-20-5-10-28-19)11-16(23-18)22-17(25)12-24-6-2-8-26-9-7-24/h3-5,10-11H,2,6-9,12H2,1H3,(H,21,22,23,25). The van der Waals surface area contributed by atoms with E-state index in [1.165, 1.54) is 11.3 Å². The van der Waals surface area contributed by atoms with Crippen LogP contribution in [0.5, 0.6) is 0 Å². The van der Waals surface area contributed by atoms with E-state index in [2.05, 4.69) is 25.2 Å². The van der Waals surface area contributed by atoms with Crippen LogP contribution in [0.2, 0.25) is 0 Å². The fourth-order valence-electron chi connectivity index (χ4n) is 2.98. The number of carbonyl (C=O) groups is 1. The summed E-state index contributed by atoms with van der Waals surface area (Å²) in [6, 6.07) is 5.41. The van der Waals surface area contributed by atoms with Crippen molar-refractivity contribution < 1.29 is 13.9 Å². The number of nitrogens with one attached hydrogen (secondary N) is 1. The molecule has 1 aliphatic heterocycles. The molecule has 0 saturated carbocycles. The molecule has 0 unspecified atom stereocenters. The van der Waals surface area contributed by atoms with E-state index >= 15 is 0 Å². The number of hydrogen-bond acceptors (Lipinski definition) is 8. The second-order valence-electron chi connectivity index (χ2n) is 6.50. The topological polar surface area (TPSA) is 93.4 Å². The number of carbonyl (C=O) groups excluding carboxylic acids is 1. The zero-order valence-corrected chi connectivity index (χ0v) is 16.4. The lowest BCUT2D eigenvalue weighted by atomic mass is 10.3. The molecule has 0 atom stereocenters. The molecule has 0 aliphatic carbocycles. The first-order valence-corrected chi connectivity index (χ1v) is 10.0. The van der Waals surface area contributed by atoms with E-state index < -0.39 is 0 Å². The average Bonchev–Trinajstić information content (AvgIpc) is 3.30. The quantitative estimate of drug-likeness (QED) is 0.705. The van der Waals surface area contributed by atoms with Crippen LogP contribution < -0.4 is 5.32 Å². The minimum atomic E-state index is -0.118. The summed E-state index contributed by atoms with van der Waals surface area (Å²) in [5.41, 5.74) is 0.646. The summed E-state index contributed by atoms with van der Waals surface area (Å²) in [5, 5.41) is 5.53. The maximum atomic E-state index is 12.6. The number of hydrogen-bond donors (Lipinski definition) is 1. The zero-order chi connectivity index (χ0) is 19.3. The van der Waals surface area contributed by atoms with Gasteiger partial charge in [0, 0.05) is 37.3 Å². The Morgan fingerprint density at radius 2 is 2.21 bits per heavy atom. The van der Waals surface area contributed by atoms with E-state index in [4.69, 9.17) is 9.15 Å². The fourth-order valence-corrected chi connectivity index (χ4v) is 3.57. The number of ether oxygens (including phenoxy) is 1. The van der Waals surface area contributed by atoms with Gasteiger partial charge < -0.3 is 14.5 Å². The van der Waals surface area contributed by atoms with E-state index in [1.54, 1.807) is 12.3 Å². The molecule has 4 rings (SSSR count). The van der Waals surface area contributed by atoms with Crippen LogP contribution in [0.25, 0.3) is 22.3 Å². The van der Waals surface area contributed by atoms with Crippen LogP contribution >= 0.6 is 11.3 Å². The monoisotopic (exact) mass is 399 g/mol. The highest BCUT2D eigenvalue weighted by atomic mass is 32.1. The number of furan rings is 1. The number of aryl methyl sites for hydroxylation is 1. The third-order valence-corrected chi connectivity index (χ3v) is 5.08. The Morgan fingerprint density at radius 3 is 3.00 bits per heavy atom. The molecule has 146 valence electrons. The van der Waals surface area contributed by atoms with Gasteiger partial charge in [0.2, 0.25) is 5.91 Å². The maximum absolute atomic E-state index is 12.6. The predicted molar refractivity (Wildman–Crippen MR) is 106 cm³/mol. The molecule has 8 nitrogen and oxygen atoms in total. The Balaban J connectivity index is 1.56. The second kappa shape index (κ2) is 8.59. The molecule has 9 heteroatoms. The first-order valence-electron chi connectivity index (χ1n) is 9.13. The van der Waals surface area contributed by atoms with Crippen LogP contribution in [-0.2, 0) is 9.53 Å². The lowest BCUT2D eigenvalue weighted by Crippen LogP contribution is -2.35. The molecule has 1 amide bonds. The summed E-state index contributed by atoms with van der Waals surface area (Å²) in [4.78, 5) is 28.0. The molecule has 1 fully saturated rings. The van der Waals surface area contributed by atoms with Crippen molar-refractivity contribution in [3.05, 3.63) is 35.5 Å². The van der Waals surface area contributed by atoms with Crippen molar-refractivity contribution in [2.45, 2.75) is 13.3 Å². The third kappa shape index (κ3) is 4.61. The molecule has 0 radical (unpaired) electrons. The Kier molecular flexibility index (Phi) is 5.75. The van der Waals surface area contributed by atoms with Crippen LogP contribution in [0, 0.1) is 6.92 Å². The van der Waals surface area contributed by atoms with Gasteiger partial charge in [-0.15, -0.1) is 11.3 Å². The van der Waals surface area contributed by atoms with Gasteiger partial charge in [-0.25, -0.2) is 15.0 Å². The molecule has 1 saturated heterocycles. The van der Waals surface area contributed by atoms with Crippen LogP contribution in [0.4, 0.5) is 5.82 Å². The lowest BCUT2D eigenvalue weighted by Gasteiger charge is -2.18. The third-order valence-electron chi connectivity index (χ3n) is 4.29. The van der Waals surface area contributed by atoms with Crippen molar-refractivity contribution in [1.82, 2.24) is 19.9 Å². The molecule has 28 heavy (non-hydrogen) atoms. The fraction of sp³-hybridized carbons (Fsp3) is 0.368. The van der Waals surface area contributed by atoms with E-state index in [9.17, 15) is 4.79 Å². The van der Waals surface area contributed by atoms with Crippen molar-refractivity contribution in [3.63, 3.8) is 0 Å². The minimum absolute atomic E-state index is 0.118. The summed E-state index contributed by atoms with van der Waals surface area (Å²) >= 11 is 1.48. The average molecular weight is 399 g/mol. The van der Waals surface area contributed by atoms with Gasteiger partial charge in [0.25, 0.3) is 0 Å². The second-order valence-corrected chi connectivity index (χ2v) is 7.39. The van der Waals surface area contributed by atoms with E-state index in [0.717, 1.165) is 36.9 Å². The molecule has 3 aromatic rings. The van der Waals surface area contributed by atoms with Gasteiger partial charge in [0.1, 0.15) is 22.3 Å². The van der Waals surface area contributed by atoms with Gasteiger partial charge in [-0.3, -0.25) is 9.69 Å². The largest absolute Gasteiger partial charge is 0.458 e. The molecule has 0 aromatic carbocycles. The summed E-state index contributed by atoms with van der Waals surface area (Å²) < 4.78 is 11.1. The van der Waals surface area contributed by atoms with Gasteiger partial charge in [-0.05, 0) is 25.5 Å². The number of thiazole rings is 1. The number of rotatable bonds is 5. The zero-order valence-electron chi connectivity index (χ0n) is 15.6. The van der Waals surface area contributed by atoms with Crippen molar-refractivity contribution in [1.29, 1.82) is 0 Å². The van der Waals surface area contributed by atoms with Crippen molar-refractivity contribution >= 4 is 23.1 Å². The smallest absolute Gasteiger partial charge is 0.239 e. The van der Waals surface area contributed by atoms with Crippen LogP contribution in [-0.4, -0.2) is 58.6 Å². The molecule has 1 N–H and O–H groups in total. The van der Waals surface area contributed by atoms with Crippen molar-refractivity contribution in [2.24, 2.45) is 0 Å². The Bertz CT molecular complexity index is 933. The van der Waals surface area contributed by atoms with E-state index in [1.807, 2.05) is 24.4 Å². The highest BCUT2D eigenvalue weighted by Gasteiger charge is 2.17. The van der Waals surface area contributed by atoms with E-state index in [0.29, 0.717) is 36.2 Å².